The lowest BCUT2D eigenvalue weighted by Crippen LogP contribution is -2.00. The van der Waals surface area contributed by atoms with Crippen LogP contribution in [0.1, 0.15) is 16.7 Å². The first kappa shape index (κ1) is 18.6. The highest BCUT2D eigenvalue weighted by Crippen LogP contribution is 2.32. The highest BCUT2D eigenvalue weighted by atomic mass is 32.2. The topological polar surface area (TPSA) is 69.1 Å². The Morgan fingerprint density at radius 2 is 1.70 bits per heavy atom. The lowest BCUT2D eigenvalue weighted by Gasteiger charge is -2.07. The standard InChI is InChI=1S/C24H18N2O3S/c1-14-9-15(2)11-17(10-14)23-25-26-24(29-23)30-13-18-12-21(27)28-20-8-7-16-5-3-4-6-19(16)22(18)20/h3-12H,13H2,1-2H3. The van der Waals surface area contributed by atoms with Gasteiger partial charge in [-0.05, 0) is 48.4 Å². The van der Waals surface area contributed by atoms with Crippen LogP contribution in [-0.4, -0.2) is 10.2 Å². The summed E-state index contributed by atoms with van der Waals surface area (Å²) in [4.78, 5) is 12.1. The number of rotatable bonds is 4. The molecule has 0 unspecified atom stereocenters. The van der Waals surface area contributed by atoms with Gasteiger partial charge in [0.2, 0.25) is 5.89 Å². The lowest BCUT2D eigenvalue weighted by molar-refractivity contribution is 0.465. The van der Waals surface area contributed by atoms with Crippen molar-refractivity contribution in [2.45, 2.75) is 24.8 Å². The summed E-state index contributed by atoms with van der Waals surface area (Å²) < 4.78 is 11.3. The Balaban J connectivity index is 1.49. The first-order valence-corrected chi connectivity index (χ1v) is 10.5. The molecule has 5 aromatic rings. The summed E-state index contributed by atoms with van der Waals surface area (Å²) in [6.07, 6.45) is 0. The minimum atomic E-state index is -0.366. The van der Waals surface area contributed by atoms with E-state index in [0.29, 0.717) is 22.4 Å². The number of hydrogen-bond donors (Lipinski definition) is 0. The molecule has 0 aliphatic heterocycles. The van der Waals surface area contributed by atoms with Gasteiger partial charge in [0, 0.05) is 22.8 Å². The molecule has 3 aromatic carbocycles. The van der Waals surface area contributed by atoms with Crippen LogP contribution in [-0.2, 0) is 5.75 Å². The number of benzene rings is 3. The third kappa shape index (κ3) is 3.50. The first-order chi connectivity index (χ1) is 14.6. The summed E-state index contributed by atoms with van der Waals surface area (Å²) in [5.41, 5.74) is 4.30. The molecule has 5 rings (SSSR count). The molecule has 0 saturated heterocycles. The monoisotopic (exact) mass is 414 g/mol. The van der Waals surface area contributed by atoms with Gasteiger partial charge in [0.1, 0.15) is 5.58 Å². The predicted octanol–water partition coefficient (Wildman–Crippen LogP) is 5.91. The Morgan fingerprint density at radius 3 is 2.53 bits per heavy atom. The van der Waals surface area contributed by atoms with Crippen LogP contribution in [0, 0.1) is 13.8 Å². The molecule has 2 aromatic heterocycles. The van der Waals surface area contributed by atoms with Crippen LogP contribution >= 0.6 is 11.8 Å². The smallest absolute Gasteiger partial charge is 0.336 e. The second kappa shape index (κ2) is 7.46. The van der Waals surface area contributed by atoms with E-state index in [1.54, 1.807) is 6.07 Å². The van der Waals surface area contributed by atoms with Gasteiger partial charge in [-0.25, -0.2) is 4.79 Å². The van der Waals surface area contributed by atoms with E-state index in [-0.39, 0.29) is 5.63 Å². The summed E-state index contributed by atoms with van der Waals surface area (Å²) in [6, 6.07) is 19.6. The molecular formula is C24H18N2O3S. The van der Waals surface area contributed by atoms with Crippen molar-refractivity contribution in [1.82, 2.24) is 10.2 Å². The van der Waals surface area contributed by atoms with Crippen molar-refractivity contribution in [2.24, 2.45) is 0 Å². The molecule has 0 aliphatic rings. The molecule has 0 amide bonds. The van der Waals surface area contributed by atoms with Crippen molar-refractivity contribution in [3.63, 3.8) is 0 Å². The molecule has 0 spiro atoms. The number of thioether (sulfide) groups is 1. The fourth-order valence-electron chi connectivity index (χ4n) is 3.76. The number of aromatic nitrogens is 2. The Morgan fingerprint density at radius 1 is 0.900 bits per heavy atom. The third-order valence-electron chi connectivity index (χ3n) is 4.94. The predicted molar refractivity (Wildman–Crippen MR) is 119 cm³/mol. The van der Waals surface area contributed by atoms with Gasteiger partial charge in [0.05, 0.1) is 0 Å². The van der Waals surface area contributed by atoms with Crippen molar-refractivity contribution < 1.29 is 8.83 Å². The lowest BCUT2D eigenvalue weighted by atomic mass is 10.0. The first-order valence-electron chi connectivity index (χ1n) is 9.56. The molecule has 0 atom stereocenters. The van der Waals surface area contributed by atoms with Crippen LogP contribution in [0.4, 0.5) is 0 Å². The number of nitrogens with zero attached hydrogens (tertiary/aromatic N) is 2. The number of aryl methyl sites for hydroxylation is 2. The van der Waals surface area contributed by atoms with E-state index in [4.69, 9.17) is 8.83 Å². The number of fused-ring (bicyclic) bond motifs is 3. The molecule has 148 valence electrons. The largest absolute Gasteiger partial charge is 0.423 e. The molecule has 0 N–H and O–H groups in total. The molecule has 6 heteroatoms. The zero-order valence-electron chi connectivity index (χ0n) is 16.5. The molecule has 0 radical (unpaired) electrons. The summed E-state index contributed by atoms with van der Waals surface area (Å²) in [6.45, 7) is 4.08. The summed E-state index contributed by atoms with van der Waals surface area (Å²) in [5, 5.41) is 11.9. The van der Waals surface area contributed by atoms with Gasteiger partial charge in [-0.3, -0.25) is 0 Å². The zero-order chi connectivity index (χ0) is 20.7. The van der Waals surface area contributed by atoms with Gasteiger partial charge in [0.25, 0.3) is 5.22 Å². The maximum absolute atomic E-state index is 12.1. The highest BCUT2D eigenvalue weighted by molar-refractivity contribution is 7.98. The highest BCUT2D eigenvalue weighted by Gasteiger charge is 2.14. The molecule has 0 aliphatic carbocycles. The molecule has 0 saturated carbocycles. The summed E-state index contributed by atoms with van der Waals surface area (Å²) in [5.74, 6) is 1.01. The normalized spacial score (nSPS) is 11.4. The van der Waals surface area contributed by atoms with E-state index >= 15 is 0 Å². The Hall–Kier alpha value is -3.38. The quantitative estimate of drug-likeness (QED) is 0.207. The maximum atomic E-state index is 12.1. The minimum Gasteiger partial charge on any atom is -0.423 e. The van der Waals surface area contributed by atoms with Gasteiger partial charge >= 0.3 is 5.63 Å². The van der Waals surface area contributed by atoms with E-state index in [1.165, 1.54) is 11.8 Å². The van der Waals surface area contributed by atoms with Crippen molar-refractivity contribution in [1.29, 1.82) is 0 Å². The molecule has 0 bridgehead atoms. The van der Waals surface area contributed by atoms with E-state index in [1.807, 2.05) is 62.4 Å². The number of hydrogen-bond acceptors (Lipinski definition) is 6. The van der Waals surface area contributed by atoms with Gasteiger partial charge in [-0.2, -0.15) is 0 Å². The third-order valence-corrected chi connectivity index (χ3v) is 5.81. The average Bonchev–Trinajstić information content (AvgIpc) is 3.20. The average molecular weight is 414 g/mol. The fraction of sp³-hybridized carbons (Fsp3) is 0.125. The van der Waals surface area contributed by atoms with Crippen LogP contribution in [0.5, 0.6) is 0 Å². The van der Waals surface area contributed by atoms with Crippen LogP contribution in [0.15, 0.2) is 79.5 Å². The molecule has 5 nitrogen and oxygen atoms in total. The molecule has 2 heterocycles. The van der Waals surface area contributed by atoms with Crippen LogP contribution in [0.2, 0.25) is 0 Å². The van der Waals surface area contributed by atoms with Crippen molar-refractivity contribution in [2.75, 3.05) is 0 Å². The van der Waals surface area contributed by atoms with E-state index in [2.05, 4.69) is 16.3 Å². The minimum absolute atomic E-state index is 0.366. The van der Waals surface area contributed by atoms with E-state index in [9.17, 15) is 4.79 Å². The van der Waals surface area contributed by atoms with Crippen LogP contribution < -0.4 is 5.63 Å². The fourth-order valence-corrected chi connectivity index (χ4v) is 4.50. The van der Waals surface area contributed by atoms with E-state index in [0.717, 1.165) is 38.4 Å². The Bertz CT molecular complexity index is 1430. The van der Waals surface area contributed by atoms with Crippen LogP contribution in [0.25, 0.3) is 33.2 Å². The second-order valence-corrected chi connectivity index (χ2v) is 8.22. The van der Waals surface area contributed by atoms with Gasteiger partial charge < -0.3 is 8.83 Å². The zero-order valence-corrected chi connectivity index (χ0v) is 17.3. The molecule has 0 fully saturated rings. The Labute approximate surface area is 176 Å². The summed E-state index contributed by atoms with van der Waals surface area (Å²) in [7, 11) is 0. The van der Waals surface area contributed by atoms with Gasteiger partial charge in [-0.1, -0.05) is 59.3 Å². The SMILES string of the molecule is Cc1cc(C)cc(-c2nnc(SCc3cc(=O)oc4ccc5ccccc5c34)o2)c1. The molecule has 30 heavy (non-hydrogen) atoms. The Kier molecular flexibility index (Phi) is 4.64. The summed E-state index contributed by atoms with van der Waals surface area (Å²) >= 11 is 1.41. The van der Waals surface area contributed by atoms with Crippen molar-refractivity contribution in [3.8, 4) is 11.5 Å². The van der Waals surface area contributed by atoms with Gasteiger partial charge in [0.15, 0.2) is 0 Å². The second-order valence-electron chi connectivity index (χ2n) is 7.29. The van der Waals surface area contributed by atoms with Gasteiger partial charge in [-0.15, -0.1) is 10.2 Å². The van der Waals surface area contributed by atoms with Crippen LogP contribution in [0.3, 0.4) is 0 Å². The maximum Gasteiger partial charge on any atom is 0.336 e. The molecular weight excluding hydrogens is 396 g/mol. The van der Waals surface area contributed by atoms with Crippen molar-refractivity contribution >= 4 is 33.5 Å². The van der Waals surface area contributed by atoms with Crippen molar-refractivity contribution in [3.05, 3.63) is 87.8 Å². The van der Waals surface area contributed by atoms with E-state index < -0.39 is 0 Å².